The molecule has 5 rings (SSSR count). The molecular weight excluding hydrogens is 420 g/mol. The molecule has 2 N–H and O–H groups in total. The number of hydrogen-bond acceptors (Lipinski definition) is 5. The summed E-state index contributed by atoms with van der Waals surface area (Å²) < 4.78 is 33.9. The molecule has 0 aromatic heterocycles. The van der Waals surface area contributed by atoms with E-state index in [1.807, 2.05) is 6.92 Å². The second-order valence-electron chi connectivity index (χ2n) is 8.65. The Balaban J connectivity index is 1.27. The van der Waals surface area contributed by atoms with Crippen molar-refractivity contribution in [3.05, 3.63) is 59.2 Å². The third-order valence-electron chi connectivity index (χ3n) is 6.30. The molecule has 0 radical (unpaired) electrons. The van der Waals surface area contributed by atoms with Crippen LogP contribution < -0.4 is 10.1 Å². The number of aliphatic hydroxyl groups is 1. The van der Waals surface area contributed by atoms with E-state index in [1.165, 1.54) is 29.2 Å². The van der Waals surface area contributed by atoms with E-state index in [0.717, 1.165) is 0 Å². The van der Waals surface area contributed by atoms with Crippen molar-refractivity contribution in [2.24, 2.45) is 0 Å². The van der Waals surface area contributed by atoms with Crippen molar-refractivity contribution in [1.29, 1.82) is 0 Å². The van der Waals surface area contributed by atoms with Gasteiger partial charge in [0.15, 0.2) is 6.23 Å². The van der Waals surface area contributed by atoms with E-state index in [9.17, 15) is 23.5 Å². The average molecular weight is 443 g/mol. The minimum Gasteiger partial charge on any atom is -0.464 e. The average Bonchev–Trinajstić information content (AvgIpc) is 3.38. The van der Waals surface area contributed by atoms with Gasteiger partial charge in [0.1, 0.15) is 23.0 Å². The van der Waals surface area contributed by atoms with Gasteiger partial charge in [0.2, 0.25) is 0 Å². The predicted molar refractivity (Wildman–Crippen MR) is 111 cm³/mol. The topological polar surface area (TPSA) is 82.1 Å². The number of nitrogens with zero attached hydrogens (tertiary/aromatic N) is 2. The Morgan fingerprint density at radius 3 is 2.62 bits per heavy atom. The standard InChI is InChI=1S/C23H23F2N3O4/c1-13-12-27(8-9-28(13)22(30)23(31)6-7-23)21(29)16-4-2-14(10-17(16)25)20-26-18-5-3-15(24)11-19(18)32-20/h2-5,10-11,13,20,26,31H,6-9,12H2,1H3/t13-,20?/m0/s1. The van der Waals surface area contributed by atoms with E-state index in [0.29, 0.717) is 36.4 Å². The minimum absolute atomic E-state index is 0.0666. The first-order valence-corrected chi connectivity index (χ1v) is 10.6. The second kappa shape index (κ2) is 7.44. The molecule has 0 bridgehead atoms. The van der Waals surface area contributed by atoms with Gasteiger partial charge in [-0.2, -0.15) is 0 Å². The zero-order valence-electron chi connectivity index (χ0n) is 17.5. The van der Waals surface area contributed by atoms with Crippen LogP contribution in [0.15, 0.2) is 36.4 Å². The number of amides is 2. The van der Waals surface area contributed by atoms with Crippen LogP contribution in [-0.4, -0.2) is 58.0 Å². The highest BCUT2D eigenvalue weighted by Gasteiger charge is 2.51. The second-order valence-corrected chi connectivity index (χ2v) is 8.65. The largest absolute Gasteiger partial charge is 0.464 e. The first kappa shape index (κ1) is 20.7. The maximum absolute atomic E-state index is 14.9. The van der Waals surface area contributed by atoms with E-state index in [2.05, 4.69) is 5.32 Å². The van der Waals surface area contributed by atoms with Crippen molar-refractivity contribution in [1.82, 2.24) is 9.80 Å². The number of carbonyl (C=O) groups is 2. The van der Waals surface area contributed by atoms with Crippen molar-refractivity contribution in [2.75, 3.05) is 25.0 Å². The maximum Gasteiger partial charge on any atom is 0.256 e. The van der Waals surface area contributed by atoms with Crippen molar-refractivity contribution in [3.8, 4) is 5.75 Å². The molecule has 2 aromatic carbocycles. The third kappa shape index (κ3) is 3.56. The van der Waals surface area contributed by atoms with Crippen LogP contribution >= 0.6 is 0 Å². The lowest BCUT2D eigenvalue weighted by atomic mass is 10.1. The summed E-state index contributed by atoms with van der Waals surface area (Å²) in [6.07, 6.45) is 0.247. The number of piperazine rings is 1. The molecule has 0 spiro atoms. The van der Waals surface area contributed by atoms with Gasteiger partial charge in [0, 0.05) is 37.3 Å². The molecule has 32 heavy (non-hydrogen) atoms. The fourth-order valence-corrected chi connectivity index (χ4v) is 4.24. The Labute approximate surface area is 183 Å². The van der Waals surface area contributed by atoms with Crippen LogP contribution in [0.5, 0.6) is 5.75 Å². The zero-order valence-corrected chi connectivity index (χ0v) is 17.5. The van der Waals surface area contributed by atoms with Gasteiger partial charge in [0.25, 0.3) is 11.8 Å². The highest BCUT2D eigenvalue weighted by molar-refractivity contribution is 5.95. The molecule has 2 amide bonds. The molecule has 1 aliphatic carbocycles. The first-order valence-electron chi connectivity index (χ1n) is 10.6. The molecule has 1 saturated heterocycles. The molecule has 3 aliphatic rings. The number of hydrogen-bond donors (Lipinski definition) is 2. The Morgan fingerprint density at radius 2 is 1.94 bits per heavy atom. The zero-order chi connectivity index (χ0) is 22.6. The molecule has 2 atom stereocenters. The monoisotopic (exact) mass is 443 g/mol. The highest BCUT2D eigenvalue weighted by Crippen LogP contribution is 2.39. The van der Waals surface area contributed by atoms with Crippen molar-refractivity contribution in [2.45, 2.75) is 37.6 Å². The van der Waals surface area contributed by atoms with Gasteiger partial charge in [-0.3, -0.25) is 9.59 Å². The van der Waals surface area contributed by atoms with Crippen molar-refractivity contribution in [3.63, 3.8) is 0 Å². The van der Waals surface area contributed by atoms with Crippen LogP contribution in [0.25, 0.3) is 0 Å². The minimum atomic E-state index is -1.25. The number of benzene rings is 2. The van der Waals surface area contributed by atoms with Gasteiger partial charge < -0.3 is 25.0 Å². The molecule has 7 nitrogen and oxygen atoms in total. The molecule has 9 heteroatoms. The predicted octanol–water partition coefficient (Wildman–Crippen LogP) is 2.67. The van der Waals surface area contributed by atoms with Crippen LogP contribution in [0.3, 0.4) is 0 Å². The van der Waals surface area contributed by atoms with Gasteiger partial charge in [-0.05, 0) is 44.0 Å². The maximum atomic E-state index is 14.9. The summed E-state index contributed by atoms with van der Waals surface area (Å²) >= 11 is 0. The van der Waals surface area contributed by atoms with Crippen LogP contribution in [0.1, 0.15) is 41.9 Å². The van der Waals surface area contributed by atoms with E-state index in [-0.39, 0.29) is 30.6 Å². The lowest BCUT2D eigenvalue weighted by Crippen LogP contribution is -2.58. The van der Waals surface area contributed by atoms with E-state index in [4.69, 9.17) is 4.74 Å². The summed E-state index contributed by atoms with van der Waals surface area (Å²) in [5.41, 5.74) is -0.237. The summed E-state index contributed by atoms with van der Waals surface area (Å²) in [5.74, 6) is -1.52. The lowest BCUT2D eigenvalue weighted by Gasteiger charge is -2.40. The van der Waals surface area contributed by atoms with Crippen LogP contribution in [0.4, 0.5) is 14.5 Å². The SMILES string of the molecule is C[C@H]1CN(C(=O)c2ccc(C3Nc4ccc(F)cc4O3)cc2F)CCN1C(=O)C1(O)CC1. The Hall–Kier alpha value is -3.20. The number of carbonyl (C=O) groups excluding carboxylic acids is 2. The molecule has 2 heterocycles. The molecule has 1 unspecified atom stereocenters. The fourth-order valence-electron chi connectivity index (χ4n) is 4.24. The summed E-state index contributed by atoms with van der Waals surface area (Å²) in [7, 11) is 0. The number of fused-ring (bicyclic) bond motifs is 1. The lowest BCUT2D eigenvalue weighted by molar-refractivity contribution is -0.146. The van der Waals surface area contributed by atoms with Crippen LogP contribution in [-0.2, 0) is 4.79 Å². The number of halogens is 2. The van der Waals surface area contributed by atoms with E-state index >= 15 is 0 Å². The number of rotatable bonds is 3. The first-order chi connectivity index (χ1) is 15.2. The normalized spacial score (nSPS) is 23.2. The van der Waals surface area contributed by atoms with Gasteiger partial charge in [-0.1, -0.05) is 6.07 Å². The van der Waals surface area contributed by atoms with Crippen LogP contribution in [0.2, 0.25) is 0 Å². The molecule has 2 aliphatic heterocycles. The molecule has 2 aromatic rings. The summed E-state index contributed by atoms with van der Waals surface area (Å²) in [4.78, 5) is 28.5. The Bertz CT molecular complexity index is 1100. The molecule has 1 saturated carbocycles. The molecular formula is C23H23F2N3O4. The van der Waals surface area contributed by atoms with Gasteiger partial charge in [-0.15, -0.1) is 0 Å². The summed E-state index contributed by atoms with van der Waals surface area (Å²) in [6, 6.07) is 8.08. The quantitative estimate of drug-likeness (QED) is 0.762. The number of anilines is 1. The Morgan fingerprint density at radius 1 is 1.16 bits per heavy atom. The van der Waals surface area contributed by atoms with Gasteiger partial charge in [-0.25, -0.2) is 8.78 Å². The van der Waals surface area contributed by atoms with Gasteiger partial charge in [0.05, 0.1) is 11.3 Å². The van der Waals surface area contributed by atoms with Gasteiger partial charge >= 0.3 is 0 Å². The molecule has 168 valence electrons. The van der Waals surface area contributed by atoms with Crippen molar-refractivity contribution >= 4 is 17.5 Å². The molecule has 2 fully saturated rings. The van der Waals surface area contributed by atoms with E-state index < -0.39 is 29.4 Å². The van der Waals surface area contributed by atoms with E-state index in [1.54, 1.807) is 17.0 Å². The third-order valence-corrected chi connectivity index (χ3v) is 6.30. The fraction of sp³-hybridized carbons (Fsp3) is 0.391. The number of ether oxygens (including phenoxy) is 1. The highest BCUT2D eigenvalue weighted by atomic mass is 19.1. The smallest absolute Gasteiger partial charge is 0.256 e. The Kier molecular flexibility index (Phi) is 4.81. The summed E-state index contributed by atoms with van der Waals surface area (Å²) in [5, 5.41) is 13.1. The summed E-state index contributed by atoms with van der Waals surface area (Å²) in [6.45, 7) is 2.63. The number of nitrogens with one attached hydrogen (secondary N) is 1. The van der Waals surface area contributed by atoms with Crippen LogP contribution in [0, 0.1) is 11.6 Å². The van der Waals surface area contributed by atoms with Crippen molar-refractivity contribution < 1.29 is 28.2 Å².